The molecular formula is C12H19NO3. The predicted molar refractivity (Wildman–Crippen MR) is 57.4 cm³/mol. The number of piperidine rings is 1. The highest BCUT2D eigenvalue weighted by Gasteiger charge is 2.60. The summed E-state index contributed by atoms with van der Waals surface area (Å²) < 4.78 is 11.5. The summed E-state index contributed by atoms with van der Waals surface area (Å²) in [4.78, 5) is 11.5. The first kappa shape index (κ1) is 10.5. The van der Waals surface area contributed by atoms with Gasteiger partial charge in [-0.1, -0.05) is 6.92 Å². The number of fused-ring (bicyclic) bond motifs is 1. The van der Waals surface area contributed by atoms with Gasteiger partial charge >= 0.3 is 0 Å². The molecule has 1 amide bonds. The van der Waals surface area contributed by atoms with E-state index in [2.05, 4.69) is 12.2 Å². The fourth-order valence-corrected chi connectivity index (χ4v) is 2.85. The molecule has 2 saturated heterocycles. The van der Waals surface area contributed by atoms with Crippen molar-refractivity contribution in [1.82, 2.24) is 5.32 Å². The summed E-state index contributed by atoms with van der Waals surface area (Å²) in [6.45, 7) is 2.98. The van der Waals surface area contributed by atoms with Crippen molar-refractivity contribution in [1.29, 1.82) is 0 Å². The summed E-state index contributed by atoms with van der Waals surface area (Å²) in [6, 6.07) is 0. The Morgan fingerprint density at radius 2 is 2.38 bits per heavy atom. The molecular weight excluding hydrogens is 206 g/mol. The van der Waals surface area contributed by atoms with Gasteiger partial charge in [0.15, 0.2) is 6.29 Å². The van der Waals surface area contributed by atoms with Crippen LogP contribution < -0.4 is 5.32 Å². The first-order chi connectivity index (χ1) is 7.68. The van der Waals surface area contributed by atoms with Gasteiger partial charge in [-0.15, -0.1) is 0 Å². The molecule has 0 radical (unpaired) electrons. The Bertz CT molecular complexity index is 301. The highest BCUT2D eigenvalue weighted by molar-refractivity contribution is 5.78. The summed E-state index contributed by atoms with van der Waals surface area (Å²) in [5.41, 5.74) is 0.161. The monoisotopic (exact) mass is 225 g/mol. The van der Waals surface area contributed by atoms with Crippen LogP contribution in [0.2, 0.25) is 0 Å². The fourth-order valence-electron chi connectivity index (χ4n) is 2.85. The Hall–Kier alpha value is -0.610. The molecule has 2 aliphatic heterocycles. The number of nitrogens with one attached hydrogen (secondary N) is 1. The number of carbonyl (C=O) groups is 1. The van der Waals surface area contributed by atoms with E-state index in [1.54, 1.807) is 0 Å². The van der Waals surface area contributed by atoms with Gasteiger partial charge in [0.05, 0.1) is 0 Å². The third kappa shape index (κ3) is 1.74. The second kappa shape index (κ2) is 3.70. The van der Waals surface area contributed by atoms with E-state index in [1.807, 2.05) is 0 Å². The molecule has 3 aliphatic rings. The molecule has 1 N–H and O–H groups in total. The molecule has 4 atom stereocenters. The highest BCUT2D eigenvalue weighted by Crippen LogP contribution is 2.58. The van der Waals surface area contributed by atoms with E-state index in [-0.39, 0.29) is 23.8 Å². The molecule has 0 aromatic rings. The van der Waals surface area contributed by atoms with Crippen molar-refractivity contribution in [2.45, 2.75) is 51.5 Å². The second-order valence-electron chi connectivity index (χ2n) is 5.49. The van der Waals surface area contributed by atoms with Crippen molar-refractivity contribution < 1.29 is 14.3 Å². The Morgan fingerprint density at radius 1 is 1.50 bits per heavy atom. The van der Waals surface area contributed by atoms with Crippen LogP contribution in [0.1, 0.15) is 39.0 Å². The Morgan fingerprint density at radius 3 is 3.12 bits per heavy atom. The number of ether oxygens (including phenoxy) is 2. The third-order valence-electron chi connectivity index (χ3n) is 4.21. The quantitative estimate of drug-likeness (QED) is 0.772. The van der Waals surface area contributed by atoms with Crippen LogP contribution in [0.25, 0.3) is 0 Å². The summed E-state index contributed by atoms with van der Waals surface area (Å²) in [7, 11) is 0. The summed E-state index contributed by atoms with van der Waals surface area (Å²) in [5.74, 6) is 0.649. The maximum Gasteiger partial charge on any atom is 0.222 e. The van der Waals surface area contributed by atoms with Crippen LogP contribution in [0, 0.1) is 11.3 Å². The van der Waals surface area contributed by atoms with Crippen LogP contribution in [0.4, 0.5) is 0 Å². The van der Waals surface area contributed by atoms with Crippen LogP contribution in [0.15, 0.2) is 0 Å². The predicted octanol–water partition coefficient (Wildman–Crippen LogP) is 1.40. The van der Waals surface area contributed by atoms with Gasteiger partial charge in [0, 0.05) is 18.4 Å². The van der Waals surface area contributed by atoms with Crippen molar-refractivity contribution in [3.05, 3.63) is 0 Å². The van der Waals surface area contributed by atoms with Gasteiger partial charge in [0.2, 0.25) is 5.91 Å². The van der Waals surface area contributed by atoms with Crippen LogP contribution in [0.5, 0.6) is 0 Å². The SMILES string of the molecule is CC12CC1CC(=O)NC2OC1CCCCO1. The molecule has 0 bridgehead atoms. The molecule has 0 aromatic carbocycles. The van der Waals surface area contributed by atoms with Gasteiger partial charge in [-0.25, -0.2) is 0 Å². The van der Waals surface area contributed by atoms with Gasteiger partial charge in [0.25, 0.3) is 0 Å². The first-order valence-electron chi connectivity index (χ1n) is 6.25. The zero-order valence-electron chi connectivity index (χ0n) is 9.70. The number of carbonyl (C=O) groups excluding carboxylic acids is 1. The van der Waals surface area contributed by atoms with Crippen LogP contribution >= 0.6 is 0 Å². The lowest BCUT2D eigenvalue weighted by molar-refractivity contribution is -0.212. The topological polar surface area (TPSA) is 47.6 Å². The largest absolute Gasteiger partial charge is 0.353 e. The van der Waals surface area contributed by atoms with Crippen LogP contribution in [-0.2, 0) is 14.3 Å². The van der Waals surface area contributed by atoms with E-state index in [9.17, 15) is 4.79 Å². The van der Waals surface area contributed by atoms with Crippen LogP contribution in [0.3, 0.4) is 0 Å². The lowest BCUT2D eigenvalue weighted by Crippen LogP contribution is -2.49. The number of hydrogen-bond donors (Lipinski definition) is 1. The smallest absolute Gasteiger partial charge is 0.222 e. The average molecular weight is 225 g/mol. The van der Waals surface area contributed by atoms with Gasteiger partial charge < -0.3 is 14.8 Å². The molecule has 16 heavy (non-hydrogen) atoms. The molecule has 4 heteroatoms. The minimum absolute atomic E-state index is 0.116. The molecule has 4 nitrogen and oxygen atoms in total. The van der Waals surface area contributed by atoms with Gasteiger partial charge in [-0.05, 0) is 31.6 Å². The van der Waals surface area contributed by atoms with Crippen molar-refractivity contribution in [2.24, 2.45) is 11.3 Å². The lowest BCUT2D eigenvalue weighted by atomic mass is 9.98. The maximum atomic E-state index is 11.5. The van der Waals surface area contributed by atoms with E-state index in [1.165, 1.54) is 0 Å². The van der Waals surface area contributed by atoms with Gasteiger partial charge in [-0.3, -0.25) is 4.79 Å². The second-order valence-corrected chi connectivity index (χ2v) is 5.49. The molecule has 90 valence electrons. The van der Waals surface area contributed by atoms with E-state index in [4.69, 9.17) is 9.47 Å². The number of amides is 1. The van der Waals surface area contributed by atoms with Crippen LogP contribution in [-0.4, -0.2) is 25.0 Å². The van der Waals surface area contributed by atoms with E-state index < -0.39 is 0 Å². The summed E-state index contributed by atoms with van der Waals surface area (Å²) in [5, 5.41) is 2.95. The minimum Gasteiger partial charge on any atom is -0.353 e. The first-order valence-corrected chi connectivity index (χ1v) is 6.25. The van der Waals surface area contributed by atoms with Crippen molar-refractivity contribution >= 4 is 5.91 Å². The third-order valence-corrected chi connectivity index (χ3v) is 4.21. The van der Waals surface area contributed by atoms with Crippen molar-refractivity contribution in [3.8, 4) is 0 Å². The standard InChI is InChI=1S/C12H19NO3/c1-12-7-8(12)6-9(14)13-11(12)16-10-4-2-3-5-15-10/h8,10-11H,2-7H2,1H3,(H,13,14). The minimum atomic E-state index is -0.137. The molecule has 3 rings (SSSR count). The van der Waals surface area contributed by atoms with E-state index in [0.29, 0.717) is 12.3 Å². The Labute approximate surface area is 95.7 Å². The maximum absolute atomic E-state index is 11.5. The van der Waals surface area contributed by atoms with E-state index in [0.717, 1.165) is 32.3 Å². The van der Waals surface area contributed by atoms with Gasteiger partial charge in [-0.2, -0.15) is 0 Å². The lowest BCUT2D eigenvalue weighted by Gasteiger charge is -2.34. The van der Waals surface area contributed by atoms with Gasteiger partial charge in [0.1, 0.15) is 6.23 Å². The highest BCUT2D eigenvalue weighted by atomic mass is 16.7. The average Bonchev–Trinajstić information content (AvgIpc) is 2.92. The fraction of sp³-hybridized carbons (Fsp3) is 0.917. The van der Waals surface area contributed by atoms with Crippen molar-refractivity contribution in [2.75, 3.05) is 6.61 Å². The molecule has 0 aromatic heterocycles. The Kier molecular flexibility index (Phi) is 2.44. The molecule has 3 fully saturated rings. The molecule has 1 saturated carbocycles. The molecule has 0 spiro atoms. The summed E-state index contributed by atoms with van der Waals surface area (Å²) in [6.07, 6.45) is 4.75. The van der Waals surface area contributed by atoms with E-state index >= 15 is 0 Å². The molecule has 4 unspecified atom stereocenters. The summed E-state index contributed by atoms with van der Waals surface area (Å²) >= 11 is 0. The van der Waals surface area contributed by atoms with Crippen molar-refractivity contribution in [3.63, 3.8) is 0 Å². The number of rotatable bonds is 2. The Balaban J connectivity index is 1.62. The molecule has 2 heterocycles. The number of hydrogen-bond acceptors (Lipinski definition) is 3. The molecule has 1 aliphatic carbocycles. The zero-order valence-corrected chi connectivity index (χ0v) is 9.70. The zero-order chi connectivity index (χ0) is 11.2. The normalized spacial score (nSPS) is 47.1.